The van der Waals surface area contributed by atoms with Crippen LogP contribution in [0.25, 0.3) is 10.9 Å². The molecule has 0 saturated carbocycles. The fourth-order valence-corrected chi connectivity index (χ4v) is 2.73. The first-order chi connectivity index (χ1) is 10.3. The van der Waals surface area contributed by atoms with Crippen LogP contribution in [0.15, 0.2) is 30.3 Å². The Morgan fingerprint density at radius 1 is 1.19 bits per heavy atom. The van der Waals surface area contributed by atoms with Crippen molar-refractivity contribution in [3.63, 3.8) is 0 Å². The van der Waals surface area contributed by atoms with Gasteiger partial charge in [0.2, 0.25) is 5.13 Å². The summed E-state index contributed by atoms with van der Waals surface area (Å²) < 4.78 is 5.87. The number of ether oxygens (including phenoxy) is 1. The first kappa shape index (κ1) is 13.8. The van der Waals surface area contributed by atoms with E-state index in [9.17, 15) is 0 Å². The van der Waals surface area contributed by atoms with E-state index < -0.39 is 0 Å². The number of anilines is 1. The van der Waals surface area contributed by atoms with Crippen LogP contribution in [-0.4, -0.2) is 21.7 Å². The largest absolute Gasteiger partial charge is 0.484 e. The van der Waals surface area contributed by atoms with Crippen LogP contribution in [0.4, 0.5) is 5.13 Å². The molecule has 3 rings (SSSR count). The number of aryl methyl sites for hydroxylation is 1. The van der Waals surface area contributed by atoms with Crippen molar-refractivity contribution in [2.75, 3.05) is 11.9 Å². The number of rotatable bonds is 5. The molecular weight excluding hydrogens is 284 g/mol. The first-order valence-electron chi connectivity index (χ1n) is 6.81. The van der Waals surface area contributed by atoms with Crippen molar-refractivity contribution < 1.29 is 4.74 Å². The third-order valence-electron chi connectivity index (χ3n) is 2.97. The highest BCUT2D eigenvalue weighted by Gasteiger charge is 2.07. The second-order valence-electron chi connectivity index (χ2n) is 4.60. The number of aromatic nitrogens is 3. The van der Waals surface area contributed by atoms with Gasteiger partial charge in [-0.1, -0.05) is 29.5 Å². The number of benzene rings is 1. The van der Waals surface area contributed by atoms with Crippen molar-refractivity contribution in [2.24, 2.45) is 0 Å². The van der Waals surface area contributed by atoms with Crippen molar-refractivity contribution in [1.82, 2.24) is 15.2 Å². The predicted molar refractivity (Wildman–Crippen MR) is 84.9 cm³/mol. The number of hydrogen-bond donors (Lipinski definition) is 1. The fraction of sp³-hybridized carbons (Fsp3) is 0.267. The normalized spacial score (nSPS) is 10.8. The molecule has 1 aromatic carbocycles. The summed E-state index contributed by atoms with van der Waals surface area (Å²) in [5.74, 6) is 0.774. The maximum Gasteiger partial charge on any atom is 0.205 e. The number of pyridine rings is 1. The van der Waals surface area contributed by atoms with Crippen LogP contribution >= 0.6 is 11.3 Å². The smallest absolute Gasteiger partial charge is 0.205 e. The minimum absolute atomic E-state index is 0.401. The number of nitrogens with zero attached hydrogens (tertiary/aromatic N) is 3. The molecule has 5 nitrogen and oxygen atoms in total. The van der Waals surface area contributed by atoms with Gasteiger partial charge in [0.1, 0.15) is 17.9 Å². The molecule has 2 aromatic heterocycles. The van der Waals surface area contributed by atoms with Crippen LogP contribution in [0, 0.1) is 6.92 Å². The van der Waals surface area contributed by atoms with Gasteiger partial charge in [-0.05, 0) is 26.0 Å². The Balaban J connectivity index is 1.79. The zero-order chi connectivity index (χ0) is 14.7. The number of fused-ring (bicyclic) bond motifs is 1. The van der Waals surface area contributed by atoms with E-state index >= 15 is 0 Å². The Bertz CT molecular complexity index is 756. The molecule has 0 spiro atoms. The monoisotopic (exact) mass is 300 g/mol. The fourth-order valence-electron chi connectivity index (χ4n) is 2.01. The molecule has 0 unspecified atom stereocenters. The zero-order valence-corrected chi connectivity index (χ0v) is 12.8. The lowest BCUT2D eigenvalue weighted by molar-refractivity contribution is 0.307. The van der Waals surface area contributed by atoms with Crippen LogP contribution in [0.2, 0.25) is 0 Å². The van der Waals surface area contributed by atoms with Gasteiger partial charge in [0, 0.05) is 17.6 Å². The summed E-state index contributed by atoms with van der Waals surface area (Å²) in [7, 11) is 0. The van der Waals surface area contributed by atoms with Gasteiger partial charge in [-0.2, -0.15) is 0 Å². The summed E-state index contributed by atoms with van der Waals surface area (Å²) in [5, 5.41) is 14.0. The summed E-state index contributed by atoms with van der Waals surface area (Å²) >= 11 is 1.51. The Morgan fingerprint density at radius 3 is 2.95 bits per heavy atom. The quantitative estimate of drug-likeness (QED) is 0.782. The molecular formula is C15H16N4OS. The molecule has 0 saturated heterocycles. The topological polar surface area (TPSA) is 59.9 Å². The van der Waals surface area contributed by atoms with Crippen LogP contribution in [0.1, 0.15) is 17.6 Å². The standard InChI is InChI=1S/C15H16N4OS/c1-3-16-15-19-18-13(21-15)9-20-12-6-4-5-11-8-7-10(2)17-14(11)12/h4-8H,3,9H2,1-2H3,(H,16,19). The maximum atomic E-state index is 5.87. The number of para-hydroxylation sites is 1. The van der Waals surface area contributed by atoms with E-state index in [1.54, 1.807) is 0 Å². The average Bonchev–Trinajstić information content (AvgIpc) is 2.93. The van der Waals surface area contributed by atoms with E-state index in [2.05, 4.69) is 26.6 Å². The molecule has 6 heteroatoms. The molecule has 2 heterocycles. The number of hydrogen-bond acceptors (Lipinski definition) is 6. The van der Waals surface area contributed by atoms with Gasteiger partial charge in [-0.25, -0.2) is 4.98 Å². The molecule has 0 amide bonds. The van der Waals surface area contributed by atoms with E-state index in [0.29, 0.717) is 6.61 Å². The van der Waals surface area contributed by atoms with Crippen molar-refractivity contribution in [3.05, 3.63) is 41.0 Å². The lowest BCUT2D eigenvalue weighted by Gasteiger charge is -2.07. The lowest BCUT2D eigenvalue weighted by atomic mass is 10.2. The third-order valence-corrected chi connectivity index (χ3v) is 3.82. The van der Waals surface area contributed by atoms with E-state index in [1.165, 1.54) is 11.3 Å². The lowest BCUT2D eigenvalue weighted by Crippen LogP contribution is -1.96. The summed E-state index contributed by atoms with van der Waals surface area (Å²) in [6.07, 6.45) is 0. The van der Waals surface area contributed by atoms with E-state index in [0.717, 1.165) is 39.0 Å². The van der Waals surface area contributed by atoms with Crippen molar-refractivity contribution in [1.29, 1.82) is 0 Å². The van der Waals surface area contributed by atoms with E-state index in [4.69, 9.17) is 4.74 Å². The Labute approximate surface area is 127 Å². The maximum absolute atomic E-state index is 5.87. The molecule has 0 aliphatic carbocycles. The van der Waals surface area contributed by atoms with Gasteiger partial charge in [0.25, 0.3) is 0 Å². The Hall–Kier alpha value is -2.21. The van der Waals surface area contributed by atoms with Gasteiger partial charge in [0.15, 0.2) is 5.01 Å². The second-order valence-corrected chi connectivity index (χ2v) is 5.66. The van der Waals surface area contributed by atoms with Gasteiger partial charge >= 0.3 is 0 Å². The molecule has 0 radical (unpaired) electrons. The Morgan fingerprint density at radius 2 is 2.10 bits per heavy atom. The summed E-state index contributed by atoms with van der Waals surface area (Å²) in [4.78, 5) is 4.55. The minimum Gasteiger partial charge on any atom is -0.484 e. The zero-order valence-electron chi connectivity index (χ0n) is 12.0. The van der Waals surface area contributed by atoms with E-state index in [-0.39, 0.29) is 0 Å². The highest BCUT2D eigenvalue weighted by atomic mass is 32.1. The predicted octanol–water partition coefficient (Wildman–Crippen LogP) is 3.41. The van der Waals surface area contributed by atoms with Gasteiger partial charge in [0.05, 0.1) is 0 Å². The van der Waals surface area contributed by atoms with Crippen molar-refractivity contribution in [3.8, 4) is 5.75 Å². The molecule has 0 atom stereocenters. The van der Waals surface area contributed by atoms with Crippen molar-refractivity contribution >= 4 is 27.4 Å². The summed E-state index contributed by atoms with van der Waals surface area (Å²) in [6.45, 7) is 5.24. The summed E-state index contributed by atoms with van der Waals surface area (Å²) in [5.41, 5.74) is 1.86. The highest BCUT2D eigenvalue weighted by Crippen LogP contribution is 2.25. The first-order valence-corrected chi connectivity index (χ1v) is 7.63. The molecule has 3 aromatic rings. The molecule has 0 aliphatic rings. The van der Waals surface area contributed by atoms with Crippen LogP contribution in [0.3, 0.4) is 0 Å². The average molecular weight is 300 g/mol. The molecule has 21 heavy (non-hydrogen) atoms. The minimum atomic E-state index is 0.401. The van der Waals surface area contributed by atoms with Crippen LogP contribution in [-0.2, 0) is 6.61 Å². The molecule has 0 bridgehead atoms. The van der Waals surface area contributed by atoms with Gasteiger partial charge in [-0.15, -0.1) is 10.2 Å². The molecule has 1 N–H and O–H groups in total. The number of nitrogens with one attached hydrogen (secondary N) is 1. The van der Waals surface area contributed by atoms with E-state index in [1.807, 2.05) is 38.1 Å². The van der Waals surface area contributed by atoms with Crippen molar-refractivity contribution in [2.45, 2.75) is 20.5 Å². The van der Waals surface area contributed by atoms with Gasteiger partial charge < -0.3 is 10.1 Å². The molecule has 0 aliphatic heterocycles. The molecule has 108 valence electrons. The second kappa shape index (κ2) is 6.05. The molecule has 0 fully saturated rings. The third kappa shape index (κ3) is 3.11. The van der Waals surface area contributed by atoms with Crippen LogP contribution in [0.5, 0.6) is 5.75 Å². The van der Waals surface area contributed by atoms with Crippen LogP contribution < -0.4 is 10.1 Å². The Kier molecular flexibility index (Phi) is 3.96. The SMILES string of the molecule is CCNc1nnc(COc2cccc3ccc(C)nc23)s1. The highest BCUT2D eigenvalue weighted by molar-refractivity contribution is 7.15. The summed E-state index contributed by atoms with van der Waals surface area (Å²) in [6, 6.07) is 9.99. The van der Waals surface area contributed by atoms with Gasteiger partial charge in [-0.3, -0.25) is 0 Å².